The largest absolute Gasteiger partial charge is 0.493 e. The van der Waals surface area contributed by atoms with Crippen molar-refractivity contribution in [2.24, 2.45) is 5.41 Å². The maximum absolute atomic E-state index is 12.8. The molecule has 1 amide bonds. The van der Waals surface area contributed by atoms with Crippen LogP contribution < -0.4 is 9.47 Å². The molecule has 1 aromatic carbocycles. The number of methoxy groups -OCH3 is 1. The molecule has 1 fully saturated rings. The van der Waals surface area contributed by atoms with Gasteiger partial charge in [0.25, 0.3) is 0 Å². The van der Waals surface area contributed by atoms with E-state index in [1.54, 1.807) is 30.5 Å². The summed E-state index contributed by atoms with van der Waals surface area (Å²) in [6.45, 7) is 0.532. The molecule has 0 aliphatic carbocycles. The Morgan fingerprint density at radius 3 is 2.93 bits per heavy atom. The van der Waals surface area contributed by atoms with Crippen LogP contribution >= 0.6 is 0 Å². The summed E-state index contributed by atoms with van der Waals surface area (Å²) in [5, 5.41) is 10.0. The smallest absolute Gasteiger partial charge is 0.315 e. The van der Waals surface area contributed by atoms with E-state index in [1.807, 2.05) is 24.3 Å². The van der Waals surface area contributed by atoms with Gasteiger partial charge in [0.2, 0.25) is 5.91 Å². The van der Waals surface area contributed by atoms with Crippen molar-refractivity contribution in [3.05, 3.63) is 53.9 Å². The lowest BCUT2D eigenvalue weighted by molar-refractivity contribution is -0.152. The topological polar surface area (TPSA) is 89.0 Å². The van der Waals surface area contributed by atoms with Crippen LogP contribution in [0.3, 0.4) is 0 Å². The number of benzene rings is 1. The number of carboxylic acids is 1. The number of carbonyl (C=O) groups excluding carboxylic acids is 1. The maximum Gasteiger partial charge on any atom is 0.315 e. The van der Waals surface area contributed by atoms with Crippen molar-refractivity contribution in [3.63, 3.8) is 0 Å². The van der Waals surface area contributed by atoms with Crippen molar-refractivity contribution in [3.8, 4) is 11.5 Å². The van der Waals surface area contributed by atoms with E-state index in [0.717, 1.165) is 11.1 Å². The van der Waals surface area contributed by atoms with Gasteiger partial charge in [-0.25, -0.2) is 0 Å². The van der Waals surface area contributed by atoms with E-state index in [1.165, 1.54) is 0 Å². The van der Waals surface area contributed by atoms with Gasteiger partial charge in [0.15, 0.2) is 11.5 Å². The molecular formula is C21H22N2O5. The van der Waals surface area contributed by atoms with Gasteiger partial charge < -0.3 is 19.5 Å². The van der Waals surface area contributed by atoms with E-state index in [0.29, 0.717) is 30.9 Å². The minimum atomic E-state index is -1.14. The minimum absolute atomic E-state index is 0.0206. The van der Waals surface area contributed by atoms with Gasteiger partial charge in [-0.1, -0.05) is 18.2 Å². The number of likely N-dealkylation sites (tertiary alicyclic amines) is 1. The number of para-hydroxylation sites is 1. The molecule has 146 valence electrons. The summed E-state index contributed by atoms with van der Waals surface area (Å²) in [5.41, 5.74) is 0.637. The van der Waals surface area contributed by atoms with Crippen LogP contribution in [0.2, 0.25) is 0 Å². The highest BCUT2D eigenvalue weighted by atomic mass is 16.5. The molecule has 1 saturated heterocycles. The van der Waals surface area contributed by atoms with Crippen LogP contribution in [0.4, 0.5) is 0 Å². The lowest BCUT2D eigenvalue weighted by Crippen LogP contribution is -2.46. The fraction of sp³-hybridized carbons (Fsp3) is 0.381. The Labute approximate surface area is 162 Å². The summed E-state index contributed by atoms with van der Waals surface area (Å²) >= 11 is 0. The SMILES string of the molecule is COc1cccc2c1OC[C@]1(C(=O)O)CN(C(=O)CCc3cccnc3)C[C@H]21. The maximum atomic E-state index is 12.8. The monoisotopic (exact) mass is 382 g/mol. The number of pyridine rings is 1. The second kappa shape index (κ2) is 7.14. The lowest BCUT2D eigenvalue weighted by atomic mass is 9.73. The van der Waals surface area contributed by atoms with E-state index in [4.69, 9.17) is 9.47 Å². The molecule has 0 radical (unpaired) electrons. The summed E-state index contributed by atoms with van der Waals surface area (Å²) in [6.07, 6.45) is 4.33. The van der Waals surface area contributed by atoms with Gasteiger partial charge in [-0.2, -0.15) is 0 Å². The van der Waals surface area contributed by atoms with Gasteiger partial charge in [-0.15, -0.1) is 0 Å². The predicted octanol–water partition coefficient (Wildman–Crippen LogP) is 2.11. The van der Waals surface area contributed by atoms with Crippen LogP contribution in [-0.4, -0.2) is 53.7 Å². The average molecular weight is 382 g/mol. The molecule has 7 heteroatoms. The zero-order valence-electron chi connectivity index (χ0n) is 15.6. The predicted molar refractivity (Wildman–Crippen MR) is 100 cm³/mol. The molecule has 2 aliphatic heterocycles. The summed E-state index contributed by atoms with van der Waals surface area (Å²) in [6, 6.07) is 9.25. The molecule has 1 N–H and O–H groups in total. The van der Waals surface area contributed by atoms with Gasteiger partial charge >= 0.3 is 5.97 Å². The van der Waals surface area contributed by atoms with Crippen molar-refractivity contribution in [2.75, 3.05) is 26.8 Å². The first-order chi connectivity index (χ1) is 13.5. The Hall–Kier alpha value is -3.09. The fourth-order valence-corrected chi connectivity index (χ4v) is 4.20. The number of rotatable bonds is 5. The number of ether oxygens (including phenoxy) is 2. The Bertz CT molecular complexity index is 901. The zero-order chi connectivity index (χ0) is 19.7. The molecule has 0 spiro atoms. The summed E-state index contributed by atoms with van der Waals surface area (Å²) in [5.74, 6) is -0.155. The van der Waals surface area contributed by atoms with Gasteiger partial charge in [0.05, 0.1) is 7.11 Å². The first-order valence-electron chi connectivity index (χ1n) is 9.25. The van der Waals surface area contributed by atoms with E-state index < -0.39 is 11.4 Å². The van der Waals surface area contributed by atoms with Crippen LogP contribution in [0.25, 0.3) is 0 Å². The highest BCUT2D eigenvalue weighted by molar-refractivity contribution is 5.83. The second-order valence-corrected chi connectivity index (χ2v) is 7.32. The zero-order valence-corrected chi connectivity index (χ0v) is 15.6. The molecule has 0 unspecified atom stereocenters. The van der Waals surface area contributed by atoms with Crippen molar-refractivity contribution in [2.45, 2.75) is 18.8 Å². The van der Waals surface area contributed by atoms with Crippen LogP contribution in [0, 0.1) is 5.41 Å². The number of aryl methyl sites for hydroxylation is 1. The van der Waals surface area contributed by atoms with Gasteiger partial charge in [0.1, 0.15) is 12.0 Å². The number of carboxylic acid groups (broad SMARTS) is 1. The number of hydrogen-bond donors (Lipinski definition) is 1. The number of amides is 1. The van der Waals surface area contributed by atoms with Crippen LogP contribution in [0.5, 0.6) is 11.5 Å². The van der Waals surface area contributed by atoms with Crippen LogP contribution in [0.15, 0.2) is 42.7 Å². The third-order valence-corrected chi connectivity index (χ3v) is 5.75. The standard InChI is InChI=1S/C21H22N2O5/c1-27-17-6-2-5-15-16-11-23(12-21(16,20(25)26)13-28-19(15)17)18(24)8-7-14-4-3-9-22-10-14/h2-6,9-10,16H,7-8,11-13H2,1H3,(H,25,26)/t16-,21-/m1/s1. The first kappa shape index (κ1) is 18.3. The number of hydrogen-bond acceptors (Lipinski definition) is 5. The van der Waals surface area contributed by atoms with Gasteiger partial charge in [-0.3, -0.25) is 14.6 Å². The van der Waals surface area contributed by atoms with E-state index in [2.05, 4.69) is 4.98 Å². The summed E-state index contributed by atoms with van der Waals surface area (Å²) < 4.78 is 11.2. The van der Waals surface area contributed by atoms with Crippen molar-refractivity contribution in [1.82, 2.24) is 9.88 Å². The quantitative estimate of drug-likeness (QED) is 0.852. The van der Waals surface area contributed by atoms with Crippen molar-refractivity contribution >= 4 is 11.9 Å². The molecule has 0 bridgehead atoms. The first-order valence-corrected chi connectivity index (χ1v) is 9.25. The van der Waals surface area contributed by atoms with E-state index in [9.17, 15) is 14.7 Å². The number of carbonyl (C=O) groups is 2. The van der Waals surface area contributed by atoms with Gasteiger partial charge in [-0.05, 0) is 24.1 Å². The Morgan fingerprint density at radius 2 is 2.21 bits per heavy atom. The second-order valence-electron chi connectivity index (χ2n) is 7.32. The molecule has 7 nitrogen and oxygen atoms in total. The molecule has 2 atom stereocenters. The Kier molecular flexibility index (Phi) is 4.66. The van der Waals surface area contributed by atoms with Crippen LogP contribution in [-0.2, 0) is 16.0 Å². The fourth-order valence-electron chi connectivity index (χ4n) is 4.20. The molecule has 2 aliphatic rings. The molecule has 28 heavy (non-hydrogen) atoms. The number of aromatic nitrogens is 1. The number of aliphatic carboxylic acids is 1. The number of fused-ring (bicyclic) bond motifs is 3. The average Bonchev–Trinajstić information content (AvgIpc) is 3.14. The molecular weight excluding hydrogens is 360 g/mol. The third kappa shape index (κ3) is 2.96. The number of nitrogens with zero attached hydrogens (tertiary/aromatic N) is 2. The lowest BCUT2D eigenvalue weighted by Gasteiger charge is -2.36. The van der Waals surface area contributed by atoms with E-state index in [-0.39, 0.29) is 25.0 Å². The van der Waals surface area contributed by atoms with Crippen molar-refractivity contribution in [1.29, 1.82) is 0 Å². The highest BCUT2D eigenvalue weighted by Gasteiger charge is 2.57. The third-order valence-electron chi connectivity index (χ3n) is 5.75. The van der Waals surface area contributed by atoms with Crippen LogP contribution in [0.1, 0.15) is 23.5 Å². The van der Waals surface area contributed by atoms with Gasteiger partial charge in [0, 0.05) is 43.4 Å². The van der Waals surface area contributed by atoms with Crippen molar-refractivity contribution < 1.29 is 24.2 Å². The minimum Gasteiger partial charge on any atom is -0.493 e. The summed E-state index contributed by atoms with van der Waals surface area (Å²) in [7, 11) is 1.56. The Morgan fingerprint density at radius 1 is 1.36 bits per heavy atom. The molecule has 1 aromatic heterocycles. The van der Waals surface area contributed by atoms with E-state index >= 15 is 0 Å². The summed E-state index contributed by atoms with van der Waals surface area (Å²) in [4.78, 5) is 30.7. The molecule has 3 heterocycles. The normalized spacial score (nSPS) is 22.8. The highest BCUT2D eigenvalue weighted by Crippen LogP contribution is 2.52. The molecule has 4 rings (SSSR count). The Balaban J connectivity index is 1.57. The molecule has 2 aromatic rings. The molecule has 0 saturated carbocycles.